The van der Waals surface area contributed by atoms with Gasteiger partial charge in [0.05, 0.1) is 5.52 Å². The molecular formula is C20H27N3O. The fraction of sp³-hybridized carbons (Fsp3) is 0.500. The number of carbonyl (C=O) groups excluding carboxylic acids is 1. The number of hydrogen-bond donors (Lipinski definition) is 0. The molecule has 2 aromatic rings. The van der Waals surface area contributed by atoms with Gasteiger partial charge in [0.25, 0.3) is 0 Å². The average Bonchev–Trinajstić information content (AvgIpc) is 3.14. The first-order valence-corrected chi connectivity index (χ1v) is 8.96. The molecule has 0 radical (unpaired) electrons. The summed E-state index contributed by atoms with van der Waals surface area (Å²) in [4.78, 5) is 21.2. The number of likely N-dealkylation sites (tertiary alicyclic amines) is 1. The Morgan fingerprint density at radius 2 is 2.04 bits per heavy atom. The predicted molar refractivity (Wildman–Crippen MR) is 97.7 cm³/mol. The van der Waals surface area contributed by atoms with Crippen LogP contribution >= 0.6 is 0 Å². The van der Waals surface area contributed by atoms with E-state index < -0.39 is 0 Å². The van der Waals surface area contributed by atoms with E-state index in [2.05, 4.69) is 28.9 Å². The molecule has 1 aromatic carbocycles. The van der Waals surface area contributed by atoms with Gasteiger partial charge >= 0.3 is 0 Å². The van der Waals surface area contributed by atoms with Crippen molar-refractivity contribution < 1.29 is 4.79 Å². The largest absolute Gasteiger partial charge is 0.341 e. The second kappa shape index (κ2) is 7.75. The zero-order chi connectivity index (χ0) is 16.9. The second-order valence-corrected chi connectivity index (χ2v) is 6.87. The van der Waals surface area contributed by atoms with Crippen LogP contribution in [-0.2, 0) is 11.3 Å². The van der Waals surface area contributed by atoms with Gasteiger partial charge in [-0.15, -0.1) is 0 Å². The van der Waals surface area contributed by atoms with E-state index in [-0.39, 0.29) is 5.91 Å². The summed E-state index contributed by atoms with van der Waals surface area (Å²) < 4.78 is 0. The molecule has 1 unspecified atom stereocenters. The Balaban J connectivity index is 1.57. The zero-order valence-corrected chi connectivity index (χ0v) is 14.7. The number of rotatable bonds is 6. The third kappa shape index (κ3) is 3.93. The molecule has 24 heavy (non-hydrogen) atoms. The molecule has 0 bridgehead atoms. The Hall–Kier alpha value is -1.94. The standard InChI is InChI=1S/C20H27N3O/c1-16(23-13-3-4-14-23)10-11-20(24)22(2)15-17-7-5-9-19-18(17)8-6-12-21-19/h5-9,12,16H,3-4,10-11,13-15H2,1-2H3. The Morgan fingerprint density at radius 1 is 1.25 bits per heavy atom. The van der Waals surface area contributed by atoms with Gasteiger partial charge < -0.3 is 9.80 Å². The Morgan fingerprint density at radius 3 is 2.83 bits per heavy atom. The first kappa shape index (κ1) is 16.9. The molecule has 1 saturated heterocycles. The minimum Gasteiger partial charge on any atom is -0.341 e. The number of carbonyl (C=O) groups is 1. The van der Waals surface area contributed by atoms with E-state index in [0.717, 1.165) is 22.9 Å². The first-order valence-electron chi connectivity index (χ1n) is 8.96. The van der Waals surface area contributed by atoms with Gasteiger partial charge in [0.1, 0.15) is 0 Å². The topological polar surface area (TPSA) is 36.4 Å². The highest BCUT2D eigenvalue weighted by Crippen LogP contribution is 2.19. The highest BCUT2D eigenvalue weighted by atomic mass is 16.2. The summed E-state index contributed by atoms with van der Waals surface area (Å²) in [5.74, 6) is 0.224. The highest BCUT2D eigenvalue weighted by molar-refractivity contribution is 5.83. The molecule has 1 atom stereocenters. The predicted octanol–water partition coefficient (Wildman–Crippen LogP) is 3.46. The van der Waals surface area contributed by atoms with Crippen LogP contribution in [-0.4, -0.2) is 46.9 Å². The molecule has 0 aliphatic carbocycles. The summed E-state index contributed by atoms with van der Waals surface area (Å²) in [6.07, 6.45) is 5.97. The molecule has 1 aliphatic rings. The second-order valence-electron chi connectivity index (χ2n) is 6.87. The quantitative estimate of drug-likeness (QED) is 0.816. The van der Waals surface area contributed by atoms with E-state index in [1.807, 2.05) is 30.1 Å². The van der Waals surface area contributed by atoms with Crippen LogP contribution in [0.2, 0.25) is 0 Å². The lowest BCUT2D eigenvalue weighted by Gasteiger charge is -2.24. The number of nitrogens with zero attached hydrogens (tertiary/aromatic N) is 3. The van der Waals surface area contributed by atoms with E-state index in [0.29, 0.717) is 19.0 Å². The van der Waals surface area contributed by atoms with Crippen LogP contribution in [0, 0.1) is 0 Å². The number of fused-ring (bicyclic) bond motifs is 1. The van der Waals surface area contributed by atoms with Crippen LogP contribution < -0.4 is 0 Å². The number of aromatic nitrogens is 1. The van der Waals surface area contributed by atoms with Gasteiger partial charge in [-0.1, -0.05) is 18.2 Å². The Labute approximate surface area is 144 Å². The van der Waals surface area contributed by atoms with Gasteiger partial charge in [0, 0.05) is 37.6 Å². The lowest BCUT2D eigenvalue weighted by Crippen LogP contribution is -2.32. The number of pyridine rings is 1. The fourth-order valence-corrected chi connectivity index (χ4v) is 3.54. The van der Waals surface area contributed by atoms with E-state index in [1.165, 1.54) is 25.9 Å². The monoisotopic (exact) mass is 325 g/mol. The van der Waals surface area contributed by atoms with Crippen LogP contribution in [0.4, 0.5) is 0 Å². The van der Waals surface area contributed by atoms with Crippen LogP contribution in [0.5, 0.6) is 0 Å². The van der Waals surface area contributed by atoms with Crippen molar-refractivity contribution in [3.63, 3.8) is 0 Å². The number of benzene rings is 1. The lowest BCUT2D eigenvalue weighted by molar-refractivity contribution is -0.130. The fourth-order valence-electron chi connectivity index (χ4n) is 3.54. The van der Waals surface area contributed by atoms with Crippen molar-refractivity contribution in [3.8, 4) is 0 Å². The molecule has 0 spiro atoms. The van der Waals surface area contributed by atoms with Crippen molar-refractivity contribution >= 4 is 16.8 Å². The molecule has 1 fully saturated rings. The van der Waals surface area contributed by atoms with Crippen LogP contribution in [0.15, 0.2) is 36.5 Å². The van der Waals surface area contributed by atoms with Crippen molar-refractivity contribution in [1.82, 2.24) is 14.8 Å². The van der Waals surface area contributed by atoms with Crippen molar-refractivity contribution in [2.24, 2.45) is 0 Å². The van der Waals surface area contributed by atoms with Crippen LogP contribution in [0.3, 0.4) is 0 Å². The van der Waals surface area contributed by atoms with E-state index >= 15 is 0 Å². The summed E-state index contributed by atoms with van der Waals surface area (Å²) in [6.45, 7) is 5.26. The summed E-state index contributed by atoms with van der Waals surface area (Å²) in [7, 11) is 1.90. The Kier molecular flexibility index (Phi) is 5.46. The maximum absolute atomic E-state index is 12.5. The summed E-state index contributed by atoms with van der Waals surface area (Å²) >= 11 is 0. The normalized spacial score (nSPS) is 16.4. The average molecular weight is 325 g/mol. The van der Waals surface area contributed by atoms with Gasteiger partial charge in [0.2, 0.25) is 5.91 Å². The third-order valence-corrected chi connectivity index (χ3v) is 5.11. The van der Waals surface area contributed by atoms with Crippen molar-refractivity contribution in [3.05, 3.63) is 42.1 Å². The van der Waals surface area contributed by atoms with Gasteiger partial charge in [0.15, 0.2) is 0 Å². The van der Waals surface area contributed by atoms with E-state index in [9.17, 15) is 4.79 Å². The molecule has 0 N–H and O–H groups in total. The smallest absolute Gasteiger partial charge is 0.222 e. The van der Waals surface area contributed by atoms with Gasteiger partial charge in [-0.2, -0.15) is 0 Å². The summed E-state index contributed by atoms with van der Waals surface area (Å²) in [5.41, 5.74) is 2.14. The first-order chi connectivity index (χ1) is 11.6. The third-order valence-electron chi connectivity index (χ3n) is 5.11. The SMILES string of the molecule is CC(CCC(=O)N(C)Cc1cccc2ncccc12)N1CCCC1. The molecule has 128 valence electrons. The summed E-state index contributed by atoms with van der Waals surface area (Å²) in [5, 5.41) is 1.13. The molecule has 0 saturated carbocycles. The van der Waals surface area contributed by atoms with Crippen LogP contribution in [0.1, 0.15) is 38.2 Å². The van der Waals surface area contributed by atoms with Gasteiger partial charge in [-0.3, -0.25) is 9.78 Å². The van der Waals surface area contributed by atoms with Gasteiger partial charge in [-0.25, -0.2) is 0 Å². The van der Waals surface area contributed by atoms with Crippen molar-refractivity contribution in [1.29, 1.82) is 0 Å². The van der Waals surface area contributed by atoms with E-state index in [4.69, 9.17) is 0 Å². The highest BCUT2D eigenvalue weighted by Gasteiger charge is 2.19. The zero-order valence-electron chi connectivity index (χ0n) is 14.7. The molecule has 3 rings (SSSR count). The molecule has 1 aromatic heterocycles. The van der Waals surface area contributed by atoms with Gasteiger partial charge in [-0.05, 0) is 57.0 Å². The molecule has 4 nitrogen and oxygen atoms in total. The minimum atomic E-state index is 0.224. The lowest BCUT2D eigenvalue weighted by atomic mass is 10.1. The Bertz CT molecular complexity index is 689. The van der Waals surface area contributed by atoms with Crippen molar-refractivity contribution in [2.75, 3.05) is 20.1 Å². The molecular weight excluding hydrogens is 298 g/mol. The minimum absolute atomic E-state index is 0.224. The number of amides is 1. The maximum Gasteiger partial charge on any atom is 0.222 e. The summed E-state index contributed by atoms with van der Waals surface area (Å²) in [6, 6.07) is 10.6. The van der Waals surface area contributed by atoms with E-state index in [1.54, 1.807) is 6.20 Å². The van der Waals surface area contributed by atoms with Crippen LogP contribution in [0.25, 0.3) is 10.9 Å². The number of hydrogen-bond acceptors (Lipinski definition) is 3. The maximum atomic E-state index is 12.5. The van der Waals surface area contributed by atoms with Crippen molar-refractivity contribution in [2.45, 2.75) is 45.2 Å². The molecule has 4 heteroatoms. The molecule has 1 amide bonds. The molecule has 2 heterocycles. The molecule has 1 aliphatic heterocycles.